The van der Waals surface area contributed by atoms with Gasteiger partial charge in [-0.1, -0.05) is 0 Å². The number of hydrogen-bond acceptors (Lipinski definition) is 4. The lowest BCUT2D eigenvalue weighted by Gasteiger charge is -2.25. The SMILES string of the molecule is CC(O)CC(C)(C)O.OCC1CCC(CO)CC1. The van der Waals surface area contributed by atoms with Crippen molar-refractivity contribution < 1.29 is 20.4 Å². The standard InChI is InChI=1S/C8H16O2.C6H14O2/c9-5-7-1-2-8(6-10)4-3-7;1-5(7)4-6(2,3)8/h7-10H,1-6H2;5,7-8H,4H2,1-3H3. The summed E-state index contributed by atoms with van der Waals surface area (Å²) in [5.41, 5.74) is -0.728. The summed E-state index contributed by atoms with van der Waals surface area (Å²) in [7, 11) is 0. The van der Waals surface area contributed by atoms with Crippen LogP contribution in [0.5, 0.6) is 0 Å². The van der Waals surface area contributed by atoms with Gasteiger partial charge in [0, 0.05) is 19.6 Å². The van der Waals surface area contributed by atoms with Gasteiger partial charge in [0.2, 0.25) is 0 Å². The summed E-state index contributed by atoms with van der Waals surface area (Å²) >= 11 is 0. The molecule has 0 aliphatic heterocycles. The Hall–Kier alpha value is -0.160. The van der Waals surface area contributed by atoms with E-state index in [1.54, 1.807) is 20.8 Å². The minimum atomic E-state index is -0.728. The van der Waals surface area contributed by atoms with Gasteiger partial charge in [0.05, 0.1) is 11.7 Å². The van der Waals surface area contributed by atoms with E-state index in [0.717, 1.165) is 25.7 Å². The van der Waals surface area contributed by atoms with Crippen LogP contribution in [0.2, 0.25) is 0 Å². The van der Waals surface area contributed by atoms with Crippen LogP contribution in [0.4, 0.5) is 0 Å². The van der Waals surface area contributed by atoms with E-state index < -0.39 is 11.7 Å². The Morgan fingerprint density at radius 1 is 1.00 bits per heavy atom. The van der Waals surface area contributed by atoms with Gasteiger partial charge < -0.3 is 20.4 Å². The highest BCUT2D eigenvalue weighted by Gasteiger charge is 2.19. The van der Waals surface area contributed by atoms with Gasteiger partial charge >= 0.3 is 0 Å². The van der Waals surface area contributed by atoms with Gasteiger partial charge in [0.25, 0.3) is 0 Å². The Kier molecular flexibility index (Phi) is 8.78. The second-order valence-electron chi connectivity index (χ2n) is 6.12. The Bertz CT molecular complexity index is 178. The summed E-state index contributed by atoms with van der Waals surface area (Å²) in [5, 5.41) is 35.3. The smallest absolute Gasteiger partial charge is 0.0616 e. The highest BCUT2D eigenvalue weighted by atomic mass is 16.3. The highest BCUT2D eigenvalue weighted by Crippen LogP contribution is 2.27. The van der Waals surface area contributed by atoms with Crippen molar-refractivity contribution in [3.8, 4) is 0 Å². The molecular formula is C14H30O4. The van der Waals surface area contributed by atoms with Crippen LogP contribution >= 0.6 is 0 Å². The maximum Gasteiger partial charge on any atom is 0.0616 e. The van der Waals surface area contributed by atoms with Crippen LogP contribution in [-0.4, -0.2) is 45.3 Å². The summed E-state index contributed by atoms with van der Waals surface area (Å²) in [6.45, 7) is 5.69. The summed E-state index contributed by atoms with van der Waals surface area (Å²) < 4.78 is 0. The molecule has 4 N–H and O–H groups in total. The van der Waals surface area contributed by atoms with Gasteiger partial charge in [-0.2, -0.15) is 0 Å². The summed E-state index contributed by atoms with van der Waals surface area (Å²) in [6, 6.07) is 0. The average Bonchev–Trinajstić information content (AvgIpc) is 2.26. The molecule has 0 radical (unpaired) electrons. The normalized spacial score (nSPS) is 26.2. The molecule has 1 atom stereocenters. The van der Waals surface area contributed by atoms with Crippen molar-refractivity contribution >= 4 is 0 Å². The van der Waals surface area contributed by atoms with Crippen molar-refractivity contribution in [1.29, 1.82) is 0 Å². The van der Waals surface area contributed by atoms with Gasteiger partial charge in [0.15, 0.2) is 0 Å². The van der Waals surface area contributed by atoms with Crippen LogP contribution < -0.4 is 0 Å². The van der Waals surface area contributed by atoms with Crippen molar-refractivity contribution in [2.75, 3.05) is 13.2 Å². The minimum Gasteiger partial charge on any atom is -0.396 e. The lowest BCUT2D eigenvalue weighted by atomic mass is 9.83. The third-order valence-corrected chi connectivity index (χ3v) is 3.28. The van der Waals surface area contributed by atoms with Gasteiger partial charge in [0.1, 0.15) is 0 Å². The Morgan fingerprint density at radius 3 is 1.44 bits per heavy atom. The lowest BCUT2D eigenvalue weighted by molar-refractivity contribution is 0.0249. The lowest BCUT2D eigenvalue weighted by Crippen LogP contribution is -2.24. The van der Waals surface area contributed by atoms with Gasteiger partial charge in [-0.3, -0.25) is 0 Å². The second-order valence-corrected chi connectivity index (χ2v) is 6.12. The van der Waals surface area contributed by atoms with Crippen LogP contribution in [0.15, 0.2) is 0 Å². The Labute approximate surface area is 111 Å². The molecular weight excluding hydrogens is 232 g/mol. The zero-order chi connectivity index (χ0) is 14.2. The maximum atomic E-state index is 9.03. The predicted octanol–water partition coefficient (Wildman–Crippen LogP) is 1.31. The van der Waals surface area contributed by atoms with Crippen molar-refractivity contribution in [1.82, 2.24) is 0 Å². The third kappa shape index (κ3) is 9.83. The molecule has 4 nitrogen and oxygen atoms in total. The second kappa shape index (κ2) is 8.86. The first-order valence-electron chi connectivity index (χ1n) is 6.90. The number of aliphatic hydroxyl groups excluding tert-OH is 3. The quantitative estimate of drug-likeness (QED) is 0.616. The monoisotopic (exact) mass is 262 g/mol. The molecule has 1 aliphatic rings. The van der Waals surface area contributed by atoms with E-state index in [4.69, 9.17) is 20.4 Å². The molecule has 110 valence electrons. The topological polar surface area (TPSA) is 80.9 Å². The summed E-state index contributed by atoms with van der Waals surface area (Å²) in [5.74, 6) is 1.03. The molecule has 0 aromatic rings. The molecule has 1 aliphatic carbocycles. The summed E-state index contributed by atoms with van der Waals surface area (Å²) in [4.78, 5) is 0. The van der Waals surface area contributed by atoms with E-state index >= 15 is 0 Å². The molecule has 0 saturated heterocycles. The Balaban J connectivity index is 0.000000331. The van der Waals surface area contributed by atoms with E-state index in [1.807, 2.05) is 0 Å². The molecule has 4 heteroatoms. The molecule has 0 spiro atoms. The fourth-order valence-electron chi connectivity index (χ4n) is 2.32. The minimum absolute atomic E-state index is 0.331. The van der Waals surface area contributed by atoms with Crippen LogP contribution in [0.3, 0.4) is 0 Å². The molecule has 0 amide bonds. The summed E-state index contributed by atoms with van der Waals surface area (Å²) in [6.07, 6.45) is 4.43. The number of rotatable bonds is 4. The van der Waals surface area contributed by atoms with Crippen LogP contribution in [0.25, 0.3) is 0 Å². The van der Waals surface area contributed by atoms with Crippen molar-refractivity contribution in [2.45, 2.75) is 64.6 Å². The van der Waals surface area contributed by atoms with Crippen molar-refractivity contribution in [3.63, 3.8) is 0 Å². The molecule has 0 aromatic carbocycles. The zero-order valence-electron chi connectivity index (χ0n) is 12.0. The molecule has 18 heavy (non-hydrogen) atoms. The fourth-order valence-corrected chi connectivity index (χ4v) is 2.32. The zero-order valence-corrected chi connectivity index (χ0v) is 12.0. The van der Waals surface area contributed by atoms with Gasteiger partial charge in [-0.05, 0) is 58.3 Å². The first-order valence-corrected chi connectivity index (χ1v) is 6.90. The van der Waals surface area contributed by atoms with E-state index in [1.165, 1.54) is 0 Å². The van der Waals surface area contributed by atoms with Crippen LogP contribution in [0.1, 0.15) is 52.9 Å². The molecule has 1 unspecified atom stereocenters. The van der Waals surface area contributed by atoms with Crippen molar-refractivity contribution in [3.05, 3.63) is 0 Å². The molecule has 1 saturated carbocycles. The number of aliphatic hydroxyl groups is 4. The van der Waals surface area contributed by atoms with E-state index in [-0.39, 0.29) is 0 Å². The van der Waals surface area contributed by atoms with E-state index in [2.05, 4.69) is 0 Å². The Morgan fingerprint density at radius 2 is 1.33 bits per heavy atom. The molecule has 0 aromatic heterocycles. The fraction of sp³-hybridized carbons (Fsp3) is 1.00. The molecule has 1 rings (SSSR count). The molecule has 1 fully saturated rings. The largest absolute Gasteiger partial charge is 0.396 e. The first-order chi connectivity index (χ1) is 8.28. The average molecular weight is 262 g/mol. The predicted molar refractivity (Wildman–Crippen MR) is 72.2 cm³/mol. The maximum absolute atomic E-state index is 9.03. The highest BCUT2D eigenvalue weighted by molar-refractivity contribution is 4.71. The third-order valence-electron chi connectivity index (χ3n) is 3.28. The first kappa shape index (κ1) is 17.8. The van der Waals surface area contributed by atoms with Crippen LogP contribution in [0, 0.1) is 11.8 Å². The van der Waals surface area contributed by atoms with E-state index in [9.17, 15) is 0 Å². The molecule has 0 bridgehead atoms. The van der Waals surface area contributed by atoms with Gasteiger partial charge in [-0.25, -0.2) is 0 Å². The molecule has 0 heterocycles. The number of hydrogen-bond donors (Lipinski definition) is 4. The van der Waals surface area contributed by atoms with Gasteiger partial charge in [-0.15, -0.1) is 0 Å². The van der Waals surface area contributed by atoms with E-state index in [0.29, 0.717) is 31.5 Å². The van der Waals surface area contributed by atoms with Crippen molar-refractivity contribution in [2.24, 2.45) is 11.8 Å². The van der Waals surface area contributed by atoms with Crippen LogP contribution in [-0.2, 0) is 0 Å².